The van der Waals surface area contributed by atoms with Gasteiger partial charge in [-0.3, -0.25) is 0 Å². The van der Waals surface area contributed by atoms with Gasteiger partial charge in [-0.25, -0.2) is 0 Å². The number of aliphatic hydroxyl groups excluding tert-OH is 1. The Morgan fingerprint density at radius 3 is 2.75 bits per heavy atom. The van der Waals surface area contributed by atoms with Crippen molar-refractivity contribution in [3.8, 4) is 0 Å². The van der Waals surface area contributed by atoms with E-state index in [2.05, 4.69) is 22.6 Å². The van der Waals surface area contributed by atoms with E-state index < -0.39 is 0 Å². The standard InChI is InChI=1S/C9H11IO2/c10-9-4-2-1-3-8(9)7-12-6-5-11/h1-4,11H,5-7H2. The Kier molecular flexibility index (Phi) is 4.57. The van der Waals surface area contributed by atoms with E-state index in [9.17, 15) is 0 Å². The molecular weight excluding hydrogens is 267 g/mol. The Hall–Kier alpha value is -0.130. The maximum absolute atomic E-state index is 8.49. The summed E-state index contributed by atoms with van der Waals surface area (Å²) in [6.45, 7) is 1.08. The van der Waals surface area contributed by atoms with Crippen molar-refractivity contribution in [2.24, 2.45) is 0 Å². The van der Waals surface area contributed by atoms with Crippen LogP contribution in [0.3, 0.4) is 0 Å². The van der Waals surface area contributed by atoms with E-state index in [-0.39, 0.29) is 6.61 Å². The molecule has 1 aromatic carbocycles. The van der Waals surface area contributed by atoms with E-state index in [1.54, 1.807) is 0 Å². The predicted molar refractivity (Wildman–Crippen MR) is 55.9 cm³/mol. The molecule has 1 aromatic rings. The van der Waals surface area contributed by atoms with Gasteiger partial charge in [0.2, 0.25) is 0 Å². The fourth-order valence-electron chi connectivity index (χ4n) is 0.862. The van der Waals surface area contributed by atoms with Crippen molar-refractivity contribution in [2.45, 2.75) is 6.61 Å². The van der Waals surface area contributed by atoms with Crippen molar-refractivity contribution in [2.75, 3.05) is 13.2 Å². The van der Waals surface area contributed by atoms with Crippen molar-refractivity contribution in [3.05, 3.63) is 33.4 Å². The fraction of sp³-hybridized carbons (Fsp3) is 0.333. The molecule has 0 saturated heterocycles. The van der Waals surface area contributed by atoms with E-state index in [0.717, 1.165) is 0 Å². The first-order valence-electron chi connectivity index (χ1n) is 3.76. The van der Waals surface area contributed by atoms with Crippen LogP contribution in [0.25, 0.3) is 0 Å². The summed E-state index contributed by atoms with van der Waals surface area (Å²) in [4.78, 5) is 0. The van der Waals surface area contributed by atoms with Gasteiger partial charge in [-0.1, -0.05) is 18.2 Å². The summed E-state index contributed by atoms with van der Waals surface area (Å²) >= 11 is 2.27. The maximum atomic E-state index is 8.49. The lowest BCUT2D eigenvalue weighted by Gasteiger charge is -2.03. The topological polar surface area (TPSA) is 29.5 Å². The largest absolute Gasteiger partial charge is 0.394 e. The molecule has 0 amide bonds. The van der Waals surface area contributed by atoms with Crippen LogP contribution in [0.15, 0.2) is 24.3 Å². The monoisotopic (exact) mass is 278 g/mol. The molecule has 0 aliphatic carbocycles. The number of benzene rings is 1. The van der Waals surface area contributed by atoms with Crippen LogP contribution in [0.5, 0.6) is 0 Å². The Morgan fingerprint density at radius 2 is 2.08 bits per heavy atom. The van der Waals surface area contributed by atoms with Gasteiger partial charge in [-0.15, -0.1) is 0 Å². The van der Waals surface area contributed by atoms with E-state index in [0.29, 0.717) is 13.2 Å². The van der Waals surface area contributed by atoms with Crippen molar-refractivity contribution in [1.29, 1.82) is 0 Å². The Bertz CT molecular complexity index is 238. The number of rotatable bonds is 4. The zero-order valence-corrected chi connectivity index (χ0v) is 8.82. The fourth-order valence-corrected chi connectivity index (χ4v) is 1.41. The van der Waals surface area contributed by atoms with E-state index in [1.807, 2.05) is 24.3 Å². The summed E-state index contributed by atoms with van der Waals surface area (Å²) < 4.78 is 6.40. The van der Waals surface area contributed by atoms with Crippen molar-refractivity contribution >= 4 is 22.6 Å². The van der Waals surface area contributed by atoms with Crippen LogP contribution in [0.1, 0.15) is 5.56 Å². The molecule has 66 valence electrons. The Morgan fingerprint density at radius 1 is 1.33 bits per heavy atom. The van der Waals surface area contributed by atoms with Gasteiger partial charge >= 0.3 is 0 Å². The summed E-state index contributed by atoms with van der Waals surface area (Å²) in [6.07, 6.45) is 0. The number of aliphatic hydroxyl groups is 1. The molecule has 0 bridgehead atoms. The van der Waals surface area contributed by atoms with Crippen LogP contribution in [-0.4, -0.2) is 18.3 Å². The van der Waals surface area contributed by atoms with Crippen molar-refractivity contribution in [3.63, 3.8) is 0 Å². The second-order valence-electron chi connectivity index (χ2n) is 2.37. The van der Waals surface area contributed by atoms with Gasteiger partial charge in [0.1, 0.15) is 0 Å². The van der Waals surface area contributed by atoms with Gasteiger partial charge in [0.15, 0.2) is 0 Å². The van der Waals surface area contributed by atoms with Gasteiger partial charge in [0.25, 0.3) is 0 Å². The minimum atomic E-state index is 0.0867. The summed E-state index contributed by atoms with van der Waals surface area (Å²) in [5, 5.41) is 8.49. The molecule has 0 spiro atoms. The second kappa shape index (κ2) is 5.50. The lowest BCUT2D eigenvalue weighted by molar-refractivity contribution is 0.0812. The third-order valence-electron chi connectivity index (χ3n) is 1.45. The summed E-state index contributed by atoms with van der Waals surface area (Å²) in [6, 6.07) is 8.05. The minimum Gasteiger partial charge on any atom is -0.394 e. The molecule has 0 atom stereocenters. The molecule has 0 saturated carbocycles. The highest BCUT2D eigenvalue weighted by atomic mass is 127. The third kappa shape index (κ3) is 3.08. The van der Waals surface area contributed by atoms with Gasteiger partial charge in [0.05, 0.1) is 19.8 Å². The molecule has 0 unspecified atom stereocenters. The number of hydrogen-bond donors (Lipinski definition) is 1. The van der Waals surface area contributed by atoms with E-state index >= 15 is 0 Å². The van der Waals surface area contributed by atoms with Crippen LogP contribution in [0.4, 0.5) is 0 Å². The lowest BCUT2D eigenvalue weighted by Crippen LogP contribution is -2.00. The molecule has 1 rings (SSSR count). The number of ether oxygens (including phenoxy) is 1. The van der Waals surface area contributed by atoms with Crippen LogP contribution in [-0.2, 0) is 11.3 Å². The van der Waals surface area contributed by atoms with Gasteiger partial charge in [-0.05, 0) is 34.2 Å². The van der Waals surface area contributed by atoms with Crippen molar-refractivity contribution < 1.29 is 9.84 Å². The van der Waals surface area contributed by atoms with Gasteiger partial charge < -0.3 is 9.84 Å². The average Bonchev–Trinajstić information content (AvgIpc) is 2.09. The van der Waals surface area contributed by atoms with Gasteiger partial charge in [0, 0.05) is 3.57 Å². The van der Waals surface area contributed by atoms with E-state index in [4.69, 9.17) is 9.84 Å². The molecule has 12 heavy (non-hydrogen) atoms. The quantitative estimate of drug-likeness (QED) is 0.672. The Labute approximate surface area is 85.7 Å². The molecule has 3 heteroatoms. The molecule has 0 heterocycles. The smallest absolute Gasteiger partial charge is 0.0728 e. The first kappa shape index (κ1) is 9.95. The van der Waals surface area contributed by atoms with Crippen LogP contribution >= 0.6 is 22.6 Å². The molecule has 1 N–H and O–H groups in total. The van der Waals surface area contributed by atoms with Gasteiger partial charge in [-0.2, -0.15) is 0 Å². The van der Waals surface area contributed by atoms with Crippen LogP contribution in [0.2, 0.25) is 0 Å². The molecule has 0 aromatic heterocycles. The second-order valence-corrected chi connectivity index (χ2v) is 3.53. The summed E-state index contributed by atoms with van der Waals surface area (Å²) in [5.41, 5.74) is 1.17. The normalized spacial score (nSPS) is 10.2. The SMILES string of the molecule is OCCOCc1ccccc1I. The van der Waals surface area contributed by atoms with Crippen molar-refractivity contribution in [1.82, 2.24) is 0 Å². The molecular formula is C9H11IO2. The zero-order chi connectivity index (χ0) is 8.81. The highest BCUT2D eigenvalue weighted by Crippen LogP contribution is 2.11. The predicted octanol–water partition coefficient (Wildman–Crippen LogP) is 1.80. The van der Waals surface area contributed by atoms with E-state index in [1.165, 1.54) is 9.13 Å². The van der Waals surface area contributed by atoms with Crippen LogP contribution in [0, 0.1) is 3.57 Å². The first-order valence-corrected chi connectivity index (χ1v) is 4.84. The third-order valence-corrected chi connectivity index (χ3v) is 2.50. The molecule has 0 aliphatic rings. The zero-order valence-electron chi connectivity index (χ0n) is 6.66. The molecule has 0 aliphatic heterocycles. The molecule has 0 radical (unpaired) electrons. The molecule has 0 fully saturated rings. The Balaban J connectivity index is 2.46. The lowest BCUT2D eigenvalue weighted by atomic mass is 10.2. The first-order chi connectivity index (χ1) is 5.84. The maximum Gasteiger partial charge on any atom is 0.0728 e. The molecule has 2 nitrogen and oxygen atoms in total. The highest BCUT2D eigenvalue weighted by molar-refractivity contribution is 14.1. The summed E-state index contributed by atoms with van der Waals surface area (Å²) in [5.74, 6) is 0. The number of halogens is 1. The highest BCUT2D eigenvalue weighted by Gasteiger charge is 1.96. The van der Waals surface area contributed by atoms with Crippen LogP contribution < -0.4 is 0 Å². The number of hydrogen-bond acceptors (Lipinski definition) is 2. The minimum absolute atomic E-state index is 0.0867. The summed E-state index contributed by atoms with van der Waals surface area (Å²) in [7, 11) is 0. The average molecular weight is 278 g/mol.